The van der Waals surface area contributed by atoms with Crippen molar-refractivity contribution in [1.82, 2.24) is 9.80 Å². The molecule has 2 bridgehead atoms. The van der Waals surface area contributed by atoms with Crippen molar-refractivity contribution in [2.75, 3.05) is 20.1 Å². The van der Waals surface area contributed by atoms with Crippen LogP contribution >= 0.6 is 0 Å². The number of carbonyl (C=O) groups is 3. The molecule has 4 unspecified atom stereocenters. The predicted molar refractivity (Wildman–Crippen MR) is 74.8 cm³/mol. The third-order valence-corrected chi connectivity index (χ3v) is 5.51. The van der Waals surface area contributed by atoms with E-state index in [1.165, 1.54) is 17.7 Å². The molecule has 21 heavy (non-hydrogen) atoms. The zero-order valence-electron chi connectivity index (χ0n) is 12.2. The van der Waals surface area contributed by atoms with Gasteiger partial charge in [-0.05, 0) is 37.0 Å². The summed E-state index contributed by atoms with van der Waals surface area (Å²) < 4.78 is 0. The molecule has 3 amide bonds. The minimum Gasteiger partial charge on any atom is -0.344 e. The Labute approximate surface area is 124 Å². The van der Waals surface area contributed by atoms with Gasteiger partial charge in [-0.1, -0.05) is 12.2 Å². The molecule has 2 saturated carbocycles. The minimum absolute atomic E-state index is 0.0761. The van der Waals surface area contributed by atoms with E-state index < -0.39 is 0 Å². The van der Waals surface area contributed by atoms with Crippen LogP contribution in [0.25, 0.3) is 0 Å². The Bertz CT molecular complexity index is 522. The van der Waals surface area contributed by atoms with Crippen molar-refractivity contribution in [2.45, 2.75) is 19.3 Å². The summed E-state index contributed by atoms with van der Waals surface area (Å²) in [6.07, 6.45) is 7.43. The fourth-order valence-corrected chi connectivity index (χ4v) is 4.17. The number of carbonyl (C=O) groups excluding carboxylic acids is 3. The first-order chi connectivity index (χ1) is 10.1. The van der Waals surface area contributed by atoms with Gasteiger partial charge in [0.2, 0.25) is 17.7 Å². The molecule has 1 heterocycles. The Hall–Kier alpha value is -1.65. The van der Waals surface area contributed by atoms with E-state index in [0.717, 1.165) is 13.0 Å². The second-order valence-electron chi connectivity index (χ2n) is 6.98. The van der Waals surface area contributed by atoms with Gasteiger partial charge < -0.3 is 4.90 Å². The normalized spacial score (nSPS) is 36.5. The lowest BCUT2D eigenvalue weighted by Gasteiger charge is -2.21. The summed E-state index contributed by atoms with van der Waals surface area (Å²) in [5, 5.41) is 0. The fourth-order valence-electron chi connectivity index (χ4n) is 4.17. The lowest BCUT2D eigenvalue weighted by molar-refractivity contribution is -0.146. The molecule has 112 valence electrons. The zero-order valence-corrected chi connectivity index (χ0v) is 12.2. The lowest BCUT2D eigenvalue weighted by Crippen LogP contribution is -2.43. The Balaban J connectivity index is 1.45. The number of likely N-dealkylation sites (N-methyl/N-ethyl adjacent to an activating group) is 1. The van der Waals surface area contributed by atoms with Crippen LogP contribution in [0.4, 0.5) is 0 Å². The maximum absolute atomic E-state index is 12.5. The van der Waals surface area contributed by atoms with E-state index >= 15 is 0 Å². The number of nitrogens with zero attached hydrogens (tertiary/aromatic N) is 2. The number of hydrogen-bond donors (Lipinski definition) is 0. The van der Waals surface area contributed by atoms with Crippen molar-refractivity contribution < 1.29 is 14.4 Å². The predicted octanol–water partition coefficient (Wildman–Crippen LogP) is 0.662. The second-order valence-corrected chi connectivity index (χ2v) is 6.98. The van der Waals surface area contributed by atoms with Crippen LogP contribution in [0.5, 0.6) is 0 Å². The summed E-state index contributed by atoms with van der Waals surface area (Å²) in [7, 11) is 1.76. The van der Waals surface area contributed by atoms with E-state index in [-0.39, 0.29) is 47.9 Å². The number of likely N-dealkylation sites (tertiary alicyclic amines) is 1. The van der Waals surface area contributed by atoms with E-state index in [1.807, 2.05) is 0 Å². The average Bonchev–Trinajstić information content (AvgIpc) is 2.95. The van der Waals surface area contributed by atoms with Gasteiger partial charge in [0.15, 0.2) is 0 Å². The quantitative estimate of drug-likeness (QED) is 0.564. The molecule has 0 aromatic rings. The number of fused-ring (bicyclic) bond motifs is 5. The minimum atomic E-state index is -0.200. The molecule has 1 saturated heterocycles. The van der Waals surface area contributed by atoms with Crippen LogP contribution in [0.1, 0.15) is 19.3 Å². The van der Waals surface area contributed by atoms with Crippen LogP contribution in [-0.4, -0.2) is 47.7 Å². The SMILES string of the molecule is CN(CC1CC1)C(=O)CN1C(=O)C2C3C=CC(C3)C2C1=O. The van der Waals surface area contributed by atoms with Gasteiger partial charge in [0.05, 0.1) is 11.8 Å². The van der Waals surface area contributed by atoms with E-state index in [1.54, 1.807) is 11.9 Å². The fraction of sp³-hybridized carbons (Fsp3) is 0.688. The van der Waals surface area contributed by atoms with Gasteiger partial charge >= 0.3 is 0 Å². The Morgan fingerprint density at radius 1 is 1.19 bits per heavy atom. The lowest BCUT2D eigenvalue weighted by atomic mass is 9.85. The van der Waals surface area contributed by atoms with Crippen molar-refractivity contribution in [3.05, 3.63) is 12.2 Å². The number of imide groups is 1. The highest BCUT2D eigenvalue weighted by atomic mass is 16.2. The number of hydrogen-bond acceptors (Lipinski definition) is 3. The highest BCUT2D eigenvalue weighted by molar-refractivity contribution is 6.08. The summed E-state index contributed by atoms with van der Waals surface area (Å²) in [5.41, 5.74) is 0. The van der Waals surface area contributed by atoms with Gasteiger partial charge in [0.25, 0.3) is 0 Å². The van der Waals surface area contributed by atoms with Crippen molar-refractivity contribution in [3.63, 3.8) is 0 Å². The molecule has 0 aromatic heterocycles. The molecule has 0 radical (unpaired) electrons. The molecule has 5 nitrogen and oxygen atoms in total. The average molecular weight is 288 g/mol. The van der Waals surface area contributed by atoms with Gasteiger partial charge in [0.1, 0.15) is 6.54 Å². The topological polar surface area (TPSA) is 57.7 Å². The third-order valence-electron chi connectivity index (χ3n) is 5.51. The Morgan fingerprint density at radius 3 is 2.29 bits per heavy atom. The van der Waals surface area contributed by atoms with Crippen molar-refractivity contribution in [1.29, 1.82) is 0 Å². The monoisotopic (exact) mass is 288 g/mol. The van der Waals surface area contributed by atoms with Crippen molar-refractivity contribution >= 4 is 17.7 Å². The second kappa shape index (κ2) is 4.42. The Morgan fingerprint density at radius 2 is 1.76 bits per heavy atom. The third kappa shape index (κ3) is 1.93. The maximum Gasteiger partial charge on any atom is 0.242 e. The number of rotatable bonds is 4. The summed E-state index contributed by atoms with van der Waals surface area (Å²) in [6.45, 7) is 0.669. The van der Waals surface area contributed by atoms with Gasteiger partial charge in [-0.25, -0.2) is 0 Å². The van der Waals surface area contributed by atoms with Crippen LogP contribution in [0.3, 0.4) is 0 Å². The van der Waals surface area contributed by atoms with E-state index in [2.05, 4.69) is 12.2 Å². The number of allylic oxidation sites excluding steroid dienone is 2. The highest BCUT2D eigenvalue weighted by Crippen LogP contribution is 2.52. The molecule has 3 fully saturated rings. The smallest absolute Gasteiger partial charge is 0.242 e. The molecule has 4 aliphatic rings. The summed E-state index contributed by atoms with van der Waals surface area (Å²) in [5.74, 6) is 0.252. The van der Waals surface area contributed by atoms with Gasteiger partial charge in [-0.3, -0.25) is 19.3 Å². The molecule has 4 atom stereocenters. The zero-order chi connectivity index (χ0) is 14.7. The van der Waals surface area contributed by atoms with Gasteiger partial charge in [0, 0.05) is 13.6 Å². The van der Waals surface area contributed by atoms with Crippen LogP contribution in [-0.2, 0) is 14.4 Å². The maximum atomic E-state index is 12.5. The first-order valence-corrected chi connectivity index (χ1v) is 7.84. The van der Waals surface area contributed by atoms with Crippen molar-refractivity contribution in [2.24, 2.45) is 29.6 Å². The molecule has 0 spiro atoms. The van der Waals surface area contributed by atoms with Crippen LogP contribution in [0, 0.1) is 29.6 Å². The molecular formula is C16H20N2O3. The van der Waals surface area contributed by atoms with E-state index in [9.17, 15) is 14.4 Å². The first kappa shape index (κ1) is 13.0. The van der Waals surface area contributed by atoms with E-state index in [0.29, 0.717) is 5.92 Å². The van der Waals surface area contributed by atoms with E-state index in [4.69, 9.17) is 0 Å². The van der Waals surface area contributed by atoms with Gasteiger partial charge in [-0.15, -0.1) is 0 Å². The first-order valence-electron chi connectivity index (χ1n) is 7.84. The van der Waals surface area contributed by atoms with Crippen molar-refractivity contribution in [3.8, 4) is 0 Å². The largest absolute Gasteiger partial charge is 0.344 e. The standard InChI is InChI=1S/C16H20N2O3/c1-17(7-9-2-3-9)12(19)8-18-15(20)13-10-4-5-11(6-10)14(13)16(18)21/h4-5,9-11,13-14H,2-3,6-8H2,1H3. The molecular weight excluding hydrogens is 268 g/mol. The molecule has 0 N–H and O–H groups in total. The molecule has 0 aromatic carbocycles. The van der Waals surface area contributed by atoms with Gasteiger partial charge in [-0.2, -0.15) is 0 Å². The summed E-state index contributed by atoms with van der Waals surface area (Å²) in [6, 6.07) is 0. The molecule has 5 heteroatoms. The van der Waals surface area contributed by atoms with Crippen LogP contribution < -0.4 is 0 Å². The number of amides is 3. The highest BCUT2D eigenvalue weighted by Gasteiger charge is 2.59. The summed E-state index contributed by atoms with van der Waals surface area (Å²) in [4.78, 5) is 40.1. The van der Waals surface area contributed by atoms with Crippen LogP contribution in [0.15, 0.2) is 12.2 Å². The molecule has 1 aliphatic heterocycles. The van der Waals surface area contributed by atoms with Crippen LogP contribution in [0.2, 0.25) is 0 Å². The molecule has 3 aliphatic carbocycles. The summed E-state index contributed by atoms with van der Waals surface area (Å²) >= 11 is 0. The molecule has 4 rings (SSSR count). The Kier molecular flexibility index (Phi) is 2.75.